The van der Waals surface area contributed by atoms with Gasteiger partial charge in [0.25, 0.3) is 0 Å². The molecular formula is C11H14F3N3. The molecule has 2 rings (SSSR count). The van der Waals surface area contributed by atoms with Crippen molar-refractivity contribution in [3.63, 3.8) is 0 Å². The molecule has 0 amide bonds. The van der Waals surface area contributed by atoms with Crippen LogP contribution >= 0.6 is 0 Å². The molecule has 1 saturated heterocycles. The SMILES string of the molecule is CCc1ncnc(N2CCC(C(F)F)C2)c1F. The molecule has 1 aliphatic heterocycles. The molecule has 1 unspecified atom stereocenters. The lowest BCUT2D eigenvalue weighted by Crippen LogP contribution is -2.24. The lowest BCUT2D eigenvalue weighted by atomic mass is 10.1. The Balaban J connectivity index is 2.19. The maximum Gasteiger partial charge on any atom is 0.243 e. The van der Waals surface area contributed by atoms with Gasteiger partial charge in [0.2, 0.25) is 6.43 Å². The van der Waals surface area contributed by atoms with E-state index in [4.69, 9.17) is 0 Å². The number of aromatic nitrogens is 2. The molecule has 0 aliphatic carbocycles. The molecule has 1 atom stereocenters. The summed E-state index contributed by atoms with van der Waals surface area (Å²) in [4.78, 5) is 9.26. The van der Waals surface area contributed by atoms with Crippen LogP contribution in [0.4, 0.5) is 19.0 Å². The van der Waals surface area contributed by atoms with Crippen molar-refractivity contribution in [1.82, 2.24) is 9.97 Å². The van der Waals surface area contributed by atoms with Crippen LogP contribution in [0.1, 0.15) is 19.0 Å². The summed E-state index contributed by atoms with van der Waals surface area (Å²) in [5, 5.41) is 0. The molecule has 3 nitrogen and oxygen atoms in total. The van der Waals surface area contributed by atoms with E-state index < -0.39 is 18.2 Å². The van der Waals surface area contributed by atoms with E-state index in [1.165, 1.54) is 6.33 Å². The van der Waals surface area contributed by atoms with Crippen LogP contribution in [-0.4, -0.2) is 29.5 Å². The second-order valence-electron chi connectivity index (χ2n) is 4.14. The molecule has 1 aromatic heterocycles. The van der Waals surface area contributed by atoms with Gasteiger partial charge in [-0.15, -0.1) is 0 Å². The number of halogens is 3. The van der Waals surface area contributed by atoms with Gasteiger partial charge in [0.1, 0.15) is 6.33 Å². The van der Waals surface area contributed by atoms with Gasteiger partial charge in [-0.3, -0.25) is 0 Å². The van der Waals surface area contributed by atoms with E-state index in [0.717, 1.165) is 0 Å². The second kappa shape index (κ2) is 4.89. The standard InChI is InChI=1S/C11H14F3N3/c1-2-8-9(12)11(16-6-15-8)17-4-3-7(5-17)10(13)14/h6-7,10H,2-5H2,1H3. The Hall–Kier alpha value is -1.33. The summed E-state index contributed by atoms with van der Waals surface area (Å²) in [7, 11) is 0. The fourth-order valence-electron chi connectivity index (χ4n) is 2.05. The fraction of sp³-hybridized carbons (Fsp3) is 0.636. The Morgan fingerprint density at radius 3 is 2.82 bits per heavy atom. The van der Waals surface area contributed by atoms with E-state index in [-0.39, 0.29) is 12.4 Å². The lowest BCUT2D eigenvalue weighted by molar-refractivity contribution is 0.0879. The highest BCUT2D eigenvalue weighted by Gasteiger charge is 2.31. The Kier molecular flexibility index (Phi) is 3.49. The highest BCUT2D eigenvalue weighted by atomic mass is 19.3. The first kappa shape index (κ1) is 12.1. The second-order valence-corrected chi connectivity index (χ2v) is 4.14. The van der Waals surface area contributed by atoms with Gasteiger partial charge in [-0.25, -0.2) is 23.1 Å². The Morgan fingerprint density at radius 2 is 2.24 bits per heavy atom. The third kappa shape index (κ3) is 2.35. The third-order valence-electron chi connectivity index (χ3n) is 3.06. The summed E-state index contributed by atoms with van der Waals surface area (Å²) < 4.78 is 38.9. The predicted molar refractivity (Wildman–Crippen MR) is 57.7 cm³/mol. The molecule has 0 spiro atoms. The molecule has 6 heteroatoms. The molecule has 94 valence electrons. The van der Waals surface area contributed by atoms with Crippen molar-refractivity contribution in [2.45, 2.75) is 26.2 Å². The fourth-order valence-corrected chi connectivity index (χ4v) is 2.05. The van der Waals surface area contributed by atoms with Crippen LogP contribution in [-0.2, 0) is 6.42 Å². The normalized spacial score (nSPS) is 20.3. The van der Waals surface area contributed by atoms with Crippen LogP contribution in [0.25, 0.3) is 0 Å². The molecular weight excluding hydrogens is 231 g/mol. The first-order valence-corrected chi connectivity index (χ1v) is 5.66. The Morgan fingerprint density at radius 1 is 1.47 bits per heavy atom. The van der Waals surface area contributed by atoms with Crippen LogP contribution < -0.4 is 4.90 Å². The average Bonchev–Trinajstić information content (AvgIpc) is 2.78. The van der Waals surface area contributed by atoms with Gasteiger partial charge in [0, 0.05) is 19.0 Å². The van der Waals surface area contributed by atoms with E-state index in [9.17, 15) is 13.2 Å². The molecule has 1 aromatic rings. The van der Waals surface area contributed by atoms with Crippen LogP contribution in [0, 0.1) is 11.7 Å². The van der Waals surface area contributed by atoms with Gasteiger partial charge < -0.3 is 4.90 Å². The molecule has 1 aliphatic rings. The van der Waals surface area contributed by atoms with Crippen LogP contribution in [0.3, 0.4) is 0 Å². The zero-order chi connectivity index (χ0) is 12.4. The number of hydrogen-bond donors (Lipinski definition) is 0. The van der Waals surface area contributed by atoms with Crippen molar-refractivity contribution in [2.24, 2.45) is 5.92 Å². The first-order valence-electron chi connectivity index (χ1n) is 5.66. The predicted octanol–water partition coefficient (Wildman–Crippen LogP) is 2.27. The van der Waals surface area contributed by atoms with E-state index in [1.54, 1.807) is 11.8 Å². The third-order valence-corrected chi connectivity index (χ3v) is 3.06. The summed E-state index contributed by atoms with van der Waals surface area (Å²) >= 11 is 0. The van der Waals surface area contributed by atoms with Crippen molar-refractivity contribution >= 4 is 5.82 Å². The largest absolute Gasteiger partial charge is 0.354 e. The summed E-state index contributed by atoms with van der Waals surface area (Å²) in [6.07, 6.45) is -0.223. The summed E-state index contributed by atoms with van der Waals surface area (Å²) in [6, 6.07) is 0. The number of nitrogens with zero attached hydrogens (tertiary/aromatic N) is 3. The smallest absolute Gasteiger partial charge is 0.243 e. The molecule has 0 saturated carbocycles. The van der Waals surface area contributed by atoms with E-state index >= 15 is 0 Å². The zero-order valence-electron chi connectivity index (χ0n) is 9.54. The van der Waals surface area contributed by atoms with Gasteiger partial charge in [0.05, 0.1) is 5.69 Å². The number of anilines is 1. The molecule has 0 bridgehead atoms. The highest BCUT2D eigenvalue weighted by molar-refractivity contribution is 5.42. The summed E-state index contributed by atoms with van der Waals surface area (Å²) in [5.41, 5.74) is 0.329. The van der Waals surface area contributed by atoms with E-state index in [1.807, 2.05) is 0 Å². The molecule has 1 fully saturated rings. The average molecular weight is 245 g/mol. The quantitative estimate of drug-likeness (QED) is 0.818. The number of aryl methyl sites for hydroxylation is 1. The molecule has 0 aromatic carbocycles. The minimum atomic E-state index is -2.35. The van der Waals surface area contributed by atoms with Gasteiger partial charge in [-0.2, -0.15) is 0 Å². The summed E-state index contributed by atoms with van der Waals surface area (Å²) in [6.45, 7) is 2.38. The van der Waals surface area contributed by atoms with Crippen molar-refractivity contribution < 1.29 is 13.2 Å². The van der Waals surface area contributed by atoms with Crippen molar-refractivity contribution in [3.05, 3.63) is 17.8 Å². The van der Waals surface area contributed by atoms with Gasteiger partial charge in [-0.1, -0.05) is 6.92 Å². The maximum atomic E-state index is 13.9. The Labute approximate surface area is 97.7 Å². The molecule has 17 heavy (non-hydrogen) atoms. The lowest BCUT2D eigenvalue weighted by Gasteiger charge is -2.18. The Bertz CT molecular complexity index is 398. The molecule has 0 N–H and O–H groups in total. The highest BCUT2D eigenvalue weighted by Crippen LogP contribution is 2.28. The van der Waals surface area contributed by atoms with Gasteiger partial charge >= 0.3 is 0 Å². The van der Waals surface area contributed by atoms with Crippen LogP contribution in [0.5, 0.6) is 0 Å². The molecule has 2 heterocycles. The molecule has 0 radical (unpaired) electrons. The maximum absolute atomic E-state index is 13.9. The van der Waals surface area contributed by atoms with Crippen molar-refractivity contribution in [1.29, 1.82) is 0 Å². The number of alkyl halides is 2. The van der Waals surface area contributed by atoms with Crippen molar-refractivity contribution in [3.8, 4) is 0 Å². The van der Waals surface area contributed by atoms with E-state index in [0.29, 0.717) is 25.1 Å². The summed E-state index contributed by atoms with van der Waals surface area (Å²) in [5.74, 6) is -1.01. The van der Waals surface area contributed by atoms with Gasteiger partial charge in [0.15, 0.2) is 11.6 Å². The van der Waals surface area contributed by atoms with Gasteiger partial charge in [-0.05, 0) is 12.8 Å². The van der Waals surface area contributed by atoms with E-state index in [2.05, 4.69) is 9.97 Å². The topological polar surface area (TPSA) is 29.0 Å². The number of hydrogen-bond acceptors (Lipinski definition) is 3. The number of rotatable bonds is 3. The van der Waals surface area contributed by atoms with Crippen LogP contribution in [0.2, 0.25) is 0 Å². The van der Waals surface area contributed by atoms with Crippen LogP contribution in [0.15, 0.2) is 6.33 Å². The minimum absolute atomic E-state index is 0.153. The van der Waals surface area contributed by atoms with Crippen molar-refractivity contribution in [2.75, 3.05) is 18.0 Å². The zero-order valence-corrected chi connectivity index (χ0v) is 9.54. The first-order chi connectivity index (χ1) is 8.13. The monoisotopic (exact) mass is 245 g/mol. The minimum Gasteiger partial charge on any atom is -0.354 e.